The zero-order valence-corrected chi connectivity index (χ0v) is 28.3. The number of benzene rings is 3. The van der Waals surface area contributed by atoms with Crippen LogP contribution in [0.25, 0.3) is 22.3 Å². The molecule has 1 atom stereocenters. The van der Waals surface area contributed by atoms with Crippen molar-refractivity contribution in [1.29, 1.82) is 0 Å². The van der Waals surface area contributed by atoms with Crippen LogP contribution >= 0.6 is 0 Å². The summed E-state index contributed by atoms with van der Waals surface area (Å²) in [5.41, 5.74) is 0.190. The van der Waals surface area contributed by atoms with Gasteiger partial charge in [-0.1, -0.05) is 44.5 Å². The van der Waals surface area contributed by atoms with Gasteiger partial charge in [-0.3, -0.25) is 4.79 Å². The van der Waals surface area contributed by atoms with E-state index < -0.39 is 45.2 Å². The Morgan fingerprint density at radius 2 is 1.92 bits per heavy atom. The number of halogens is 2. The summed E-state index contributed by atoms with van der Waals surface area (Å²) in [5.74, 6) is -3.42. The van der Waals surface area contributed by atoms with Gasteiger partial charge in [0.2, 0.25) is 0 Å². The predicted octanol–water partition coefficient (Wildman–Crippen LogP) is 7.52. The molecule has 2 N–H and O–H groups in total. The van der Waals surface area contributed by atoms with Crippen molar-refractivity contribution in [2.75, 3.05) is 11.5 Å². The summed E-state index contributed by atoms with van der Waals surface area (Å²) in [6, 6.07) is 13.7. The fourth-order valence-electron chi connectivity index (χ4n) is 6.78. The number of sulfone groups is 1. The third kappa shape index (κ3) is 7.24. The minimum Gasteiger partial charge on any atom is -0.481 e. The third-order valence-electron chi connectivity index (χ3n) is 9.36. The minimum atomic E-state index is -3.67. The van der Waals surface area contributed by atoms with Gasteiger partial charge in [0.25, 0.3) is 0 Å². The van der Waals surface area contributed by atoms with E-state index in [1.807, 2.05) is 32.9 Å². The predicted molar refractivity (Wildman–Crippen MR) is 184 cm³/mol. The van der Waals surface area contributed by atoms with Gasteiger partial charge in [0, 0.05) is 46.2 Å². The lowest BCUT2D eigenvalue weighted by atomic mass is 9.75. The number of nitrogens with one attached hydrogen (secondary N) is 1. The van der Waals surface area contributed by atoms with Crippen LogP contribution in [0.1, 0.15) is 73.1 Å². The minimum absolute atomic E-state index is 0.0351. The number of nitrogens with zero attached hydrogens (tertiary/aromatic N) is 3. The topological polar surface area (TPSA) is 127 Å². The molecule has 0 spiro atoms. The molecule has 3 aromatic carbocycles. The van der Waals surface area contributed by atoms with Gasteiger partial charge in [-0.15, -0.1) is 0 Å². The first-order valence-corrected chi connectivity index (χ1v) is 17.9. The van der Waals surface area contributed by atoms with E-state index in [9.17, 15) is 18.3 Å². The van der Waals surface area contributed by atoms with Gasteiger partial charge >= 0.3 is 5.97 Å². The summed E-state index contributed by atoms with van der Waals surface area (Å²) in [4.78, 5) is 19.0. The molecule has 12 heteroatoms. The molecule has 0 saturated heterocycles. The monoisotopic (exact) mass is 693 g/mol. The molecule has 0 aliphatic carbocycles. The summed E-state index contributed by atoms with van der Waals surface area (Å²) in [7, 11) is -3.67. The lowest BCUT2D eigenvalue weighted by Gasteiger charge is -2.30. The van der Waals surface area contributed by atoms with Crippen molar-refractivity contribution in [1.82, 2.24) is 19.7 Å². The smallest absolute Gasteiger partial charge is 0.303 e. The number of aromatic amines is 1. The molecular formula is C37H40F2N4O5S. The number of fused-ring (bicyclic) bond motifs is 8. The van der Waals surface area contributed by atoms with E-state index in [1.165, 1.54) is 18.2 Å². The zero-order valence-electron chi connectivity index (χ0n) is 30.5. The molecule has 3 heterocycles. The number of ether oxygens (including phenoxy) is 1. The second-order valence-electron chi connectivity index (χ2n) is 13.8. The Balaban J connectivity index is 1.56. The lowest BCUT2D eigenvalue weighted by molar-refractivity contribution is -0.136. The number of rotatable bonds is 4. The van der Waals surface area contributed by atoms with E-state index in [1.54, 1.807) is 24.4 Å². The van der Waals surface area contributed by atoms with Gasteiger partial charge in [0.15, 0.2) is 33.1 Å². The molecule has 0 amide bonds. The number of aliphatic carboxylic acids is 1. The zero-order chi connectivity index (χ0) is 37.6. The highest BCUT2D eigenvalue weighted by Gasteiger charge is 2.36. The molecule has 4 bridgehead atoms. The van der Waals surface area contributed by atoms with E-state index in [0.717, 1.165) is 11.6 Å². The Labute approximate surface area is 288 Å². The van der Waals surface area contributed by atoms with Crippen molar-refractivity contribution < 1.29 is 35.9 Å². The van der Waals surface area contributed by atoms with Crippen LogP contribution in [-0.4, -0.2) is 50.7 Å². The molecular weight excluding hydrogens is 650 g/mol. The van der Waals surface area contributed by atoms with Crippen LogP contribution in [0.5, 0.6) is 11.5 Å². The first-order valence-electron chi connectivity index (χ1n) is 17.6. The second-order valence-corrected chi connectivity index (χ2v) is 16.0. The van der Waals surface area contributed by atoms with E-state index in [4.69, 9.17) is 13.8 Å². The van der Waals surface area contributed by atoms with Gasteiger partial charge in [0.05, 0.1) is 22.5 Å². The first-order chi connectivity index (χ1) is 24.3. The number of aromatic nitrogens is 4. The van der Waals surface area contributed by atoms with E-state index in [0.29, 0.717) is 46.0 Å². The quantitative estimate of drug-likeness (QED) is 0.199. The Kier molecular flexibility index (Phi) is 8.11. The Hall–Kier alpha value is -4.58. The number of carboxylic acids is 1. The number of aryl methyl sites for hydroxylation is 3. The fourth-order valence-corrected chi connectivity index (χ4v) is 8.78. The highest BCUT2D eigenvalue weighted by atomic mass is 32.2. The van der Waals surface area contributed by atoms with Crippen LogP contribution in [0.2, 0.25) is 0 Å². The van der Waals surface area contributed by atoms with Crippen molar-refractivity contribution in [2.45, 2.75) is 64.7 Å². The maximum atomic E-state index is 15.8. The molecule has 0 saturated carbocycles. The standard InChI is InChI=1S/C37H40F2N4O5S/c1-36(2)15-6-16-37(3,24-8-5-7-23(19-24)9-12-32(44)45)35-41-34(43(4)42-35)28-20-25(10-11-29(28)38)48-33-27(14-18-49(46,47)22-36)26-13-17-40-31(26)21-30(33)39/h5,7-8,10-11,13,17,19-21,40H,6,9,12,14-16,18,22H2,1-4H3,(H,44,45)/i4D3. The average Bonchev–Trinajstić information content (AvgIpc) is 3.72. The van der Waals surface area contributed by atoms with Gasteiger partial charge in [-0.05, 0) is 73.4 Å². The van der Waals surface area contributed by atoms with E-state index in [2.05, 4.69) is 10.1 Å². The molecule has 5 aromatic rings. The van der Waals surface area contributed by atoms with Gasteiger partial charge in [0.1, 0.15) is 11.6 Å². The highest BCUT2D eigenvalue weighted by molar-refractivity contribution is 7.91. The maximum Gasteiger partial charge on any atom is 0.303 e. The van der Waals surface area contributed by atoms with E-state index in [-0.39, 0.29) is 59.5 Å². The maximum absolute atomic E-state index is 15.8. The molecule has 0 fully saturated rings. The highest BCUT2D eigenvalue weighted by Crippen LogP contribution is 2.41. The summed E-state index contributed by atoms with van der Waals surface area (Å²) in [6.45, 7) is 2.68. The summed E-state index contributed by atoms with van der Waals surface area (Å²) < 4.78 is 90.5. The van der Waals surface area contributed by atoms with Crippen LogP contribution in [0.3, 0.4) is 0 Å². The number of hydrogen-bond donors (Lipinski definition) is 2. The molecule has 1 unspecified atom stereocenters. The molecule has 9 nitrogen and oxygen atoms in total. The fraction of sp³-hybridized carbons (Fsp3) is 0.378. The number of hydrogen-bond acceptors (Lipinski definition) is 6. The molecule has 2 aromatic heterocycles. The third-order valence-corrected chi connectivity index (χ3v) is 11.4. The summed E-state index contributed by atoms with van der Waals surface area (Å²) >= 11 is 0. The SMILES string of the molecule is [2H]C([2H])([2H])n1nc2nc1-c1cc(ccc1F)Oc1c(F)cc3[nH]ccc3c1CCS(=O)(=O)CC(C)(C)CCCC2(C)c1cccc(CCC(=O)O)c1. The summed E-state index contributed by atoms with van der Waals surface area (Å²) in [6.07, 6.45) is 3.01. The molecule has 0 radical (unpaired) electrons. The molecule has 1 aliphatic heterocycles. The first kappa shape index (κ1) is 30.5. The van der Waals surface area contributed by atoms with Crippen molar-refractivity contribution in [3.8, 4) is 22.9 Å². The Morgan fingerprint density at radius 3 is 2.69 bits per heavy atom. The van der Waals surface area contributed by atoms with Gasteiger partial charge in [-0.2, -0.15) is 5.10 Å². The van der Waals surface area contributed by atoms with Gasteiger partial charge in [-0.25, -0.2) is 26.9 Å². The second kappa shape index (κ2) is 13.0. The van der Waals surface area contributed by atoms with Crippen molar-refractivity contribution in [3.63, 3.8) is 0 Å². The van der Waals surface area contributed by atoms with Crippen LogP contribution in [0.4, 0.5) is 8.78 Å². The van der Waals surface area contributed by atoms with Crippen LogP contribution in [-0.2, 0) is 39.9 Å². The van der Waals surface area contributed by atoms with Crippen LogP contribution in [0, 0.1) is 17.0 Å². The Morgan fingerprint density at radius 1 is 1.10 bits per heavy atom. The molecule has 1 aliphatic rings. The van der Waals surface area contributed by atoms with Gasteiger partial charge < -0.3 is 14.8 Å². The normalized spacial score (nSPS) is 20.6. The molecule has 6 rings (SSSR count). The van der Waals surface area contributed by atoms with Crippen molar-refractivity contribution in [3.05, 3.63) is 94.9 Å². The summed E-state index contributed by atoms with van der Waals surface area (Å²) in [5, 5.41) is 14.3. The Bertz CT molecular complexity index is 2270. The number of carbonyl (C=O) groups is 1. The van der Waals surface area contributed by atoms with Crippen molar-refractivity contribution >= 4 is 26.7 Å². The average molecular weight is 694 g/mol. The number of carboxylic acid groups (broad SMARTS) is 1. The molecule has 49 heavy (non-hydrogen) atoms. The van der Waals surface area contributed by atoms with E-state index >= 15 is 8.78 Å². The largest absolute Gasteiger partial charge is 0.481 e. The number of H-pyrrole nitrogens is 1. The van der Waals surface area contributed by atoms with Crippen LogP contribution in [0.15, 0.2) is 60.8 Å². The lowest BCUT2D eigenvalue weighted by Crippen LogP contribution is -2.29. The van der Waals surface area contributed by atoms with Crippen molar-refractivity contribution in [2.24, 2.45) is 12.4 Å². The van der Waals surface area contributed by atoms with Crippen LogP contribution < -0.4 is 4.74 Å². The molecule has 258 valence electrons.